The first-order valence-electron chi connectivity index (χ1n) is 9.15. The maximum atomic E-state index is 12.3. The summed E-state index contributed by atoms with van der Waals surface area (Å²) >= 11 is 1.50. The maximum absolute atomic E-state index is 12.3. The average Bonchev–Trinajstić information content (AvgIpc) is 3.16. The highest BCUT2D eigenvalue weighted by atomic mass is 32.2. The summed E-state index contributed by atoms with van der Waals surface area (Å²) in [5, 5.41) is 3.98. The molecule has 0 aliphatic rings. The van der Waals surface area contributed by atoms with Crippen LogP contribution in [0.15, 0.2) is 66.0 Å². The number of H-pyrrole nitrogens is 1. The third-order valence-corrected chi connectivity index (χ3v) is 4.95. The Morgan fingerprint density at radius 1 is 1.10 bits per heavy atom. The van der Waals surface area contributed by atoms with Crippen LogP contribution in [0.5, 0.6) is 0 Å². The summed E-state index contributed by atoms with van der Waals surface area (Å²) in [5.74, 6) is 1.06. The Morgan fingerprint density at radius 2 is 1.90 bits per heavy atom. The second kappa shape index (κ2) is 8.74. The van der Waals surface area contributed by atoms with Crippen molar-refractivity contribution < 1.29 is 9.53 Å². The fraction of sp³-hybridized carbons (Fsp3) is 0.143. The van der Waals surface area contributed by atoms with E-state index < -0.39 is 5.97 Å². The van der Waals surface area contributed by atoms with E-state index in [2.05, 4.69) is 25.3 Å². The molecule has 0 saturated carbocycles. The van der Waals surface area contributed by atoms with Gasteiger partial charge in [0.05, 0.1) is 23.4 Å². The SMILES string of the molecule is CCOC(=O)c1cnc(CSc2nc3ccccc3[nH]2)nc1Nc1ccccc1. The number of aromatic nitrogens is 4. The van der Waals surface area contributed by atoms with Crippen molar-refractivity contribution in [1.82, 2.24) is 19.9 Å². The van der Waals surface area contributed by atoms with Crippen molar-refractivity contribution in [2.45, 2.75) is 17.8 Å². The van der Waals surface area contributed by atoms with Crippen molar-refractivity contribution in [3.63, 3.8) is 0 Å². The van der Waals surface area contributed by atoms with Crippen molar-refractivity contribution in [1.29, 1.82) is 0 Å². The van der Waals surface area contributed by atoms with Gasteiger partial charge in [-0.25, -0.2) is 19.7 Å². The quantitative estimate of drug-likeness (QED) is 0.344. The number of aromatic amines is 1. The molecule has 2 aromatic carbocycles. The predicted octanol–water partition coefficient (Wildman–Crippen LogP) is 4.57. The highest BCUT2D eigenvalue weighted by Gasteiger charge is 2.16. The number of para-hydroxylation sites is 3. The van der Waals surface area contributed by atoms with E-state index in [4.69, 9.17) is 4.74 Å². The van der Waals surface area contributed by atoms with Crippen LogP contribution in [-0.4, -0.2) is 32.5 Å². The molecule has 4 aromatic rings. The van der Waals surface area contributed by atoms with Crippen LogP contribution in [0.4, 0.5) is 11.5 Å². The summed E-state index contributed by atoms with van der Waals surface area (Å²) in [5.41, 5.74) is 3.03. The van der Waals surface area contributed by atoms with Gasteiger partial charge >= 0.3 is 5.97 Å². The molecule has 29 heavy (non-hydrogen) atoms. The molecule has 2 N–H and O–H groups in total. The van der Waals surface area contributed by atoms with Crippen LogP contribution in [-0.2, 0) is 10.5 Å². The lowest BCUT2D eigenvalue weighted by atomic mass is 10.2. The number of imidazole rings is 1. The van der Waals surface area contributed by atoms with Crippen LogP contribution < -0.4 is 5.32 Å². The topological polar surface area (TPSA) is 92.8 Å². The van der Waals surface area contributed by atoms with E-state index in [1.165, 1.54) is 18.0 Å². The van der Waals surface area contributed by atoms with Gasteiger partial charge in [-0.05, 0) is 31.2 Å². The predicted molar refractivity (Wildman–Crippen MR) is 113 cm³/mol. The Balaban J connectivity index is 1.56. The van der Waals surface area contributed by atoms with Crippen molar-refractivity contribution >= 4 is 40.3 Å². The normalized spacial score (nSPS) is 10.8. The first-order valence-corrected chi connectivity index (χ1v) is 10.1. The van der Waals surface area contributed by atoms with Gasteiger partial charge in [-0.3, -0.25) is 0 Å². The first-order chi connectivity index (χ1) is 14.2. The maximum Gasteiger partial charge on any atom is 0.343 e. The molecule has 0 amide bonds. The summed E-state index contributed by atoms with van der Waals surface area (Å²) in [6, 6.07) is 17.4. The molecule has 0 radical (unpaired) electrons. The molecular weight excluding hydrogens is 386 g/mol. The number of hydrogen-bond acceptors (Lipinski definition) is 7. The van der Waals surface area contributed by atoms with Gasteiger partial charge in [0.1, 0.15) is 17.2 Å². The van der Waals surface area contributed by atoms with E-state index in [9.17, 15) is 4.79 Å². The Labute approximate surface area is 172 Å². The van der Waals surface area contributed by atoms with E-state index in [0.29, 0.717) is 23.0 Å². The lowest BCUT2D eigenvalue weighted by Crippen LogP contribution is -2.11. The summed E-state index contributed by atoms with van der Waals surface area (Å²) in [7, 11) is 0. The Hall–Kier alpha value is -3.39. The fourth-order valence-electron chi connectivity index (χ4n) is 2.73. The smallest absolute Gasteiger partial charge is 0.343 e. The highest BCUT2D eigenvalue weighted by Crippen LogP contribution is 2.24. The number of hydrogen-bond donors (Lipinski definition) is 2. The second-order valence-corrected chi connectivity index (χ2v) is 7.07. The molecule has 0 fully saturated rings. The molecule has 0 aliphatic carbocycles. The Kier molecular flexibility index (Phi) is 5.71. The van der Waals surface area contributed by atoms with Gasteiger partial charge in [0.15, 0.2) is 5.16 Å². The van der Waals surface area contributed by atoms with Crippen LogP contribution in [0.25, 0.3) is 11.0 Å². The lowest BCUT2D eigenvalue weighted by molar-refractivity contribution is 0.0526. The number of nitrogens with one attached hydrogen (secondary N) is 2. The summed E-state index contributed by atoms with van der Waals surface area (Å²) in [6.07, 6.45) is 1.50. The number of esters is 1. The molecule has 0 bridgehead atoms. The molecule has 0 spiro atoms. The van der Waals surface area contributed by atoms with E-state index in [0.717, 1.165) is 21.9 Å². The minimum atomic E-state index is -0.456. The molecule has 0 unspecified atom stereocenters. The minimum absolute atomic E-state index is 0.285. The zero-order chi connectivity index (χ0) is 20.1. The summed E-state index contributed by atoms with van der Waals surface area (Å²) < 4.78 is 5.13. The van der Waals surface area contributed by atoms with Crippen LogP contribution in [0, 0.1) is 0 Å². The number of ether oxygens (including phenoxy) is 1. The van der Waals surface area contributed by atoms with Crippen molar-refractivity contribution in [3.8, 4) is 0 Å². The Morgan fingerprint density at radius 3 is 2.69 bits per heavy atom. The second-order valence-electron chi connectivity index (χ2n) is 6.11. The van der Waals surface area contributed by atoms with Gasteiger partial charge in [-0.15, -0.1) is 0 Å². The molecule has 0 aliphatic heterocycles. The minimum Gasteiger partial charge on any atom is -0.462 e. The molecule has 2 aromatic heterocycles. The van der Waals surface area contributed by atoms with Gasteiger partial charge in [0.2, 0.25) is 0 Å². The summed E-state index contributed by atoms with van der Waals surface area (Å²) in [4.78, 5) is 29.0. The third-order valence-electron chi connectivity index (χ3n) is 4.08. The molecule has 0 saturated heterocycles. The van der Waals surface area contributed by atoms with Gasteiger partial charge in [0, 0.05) is 11.9 Å². The number of carbonyl (C=O) groups is 1. The molecule has 0 atom stereocenters. The summed E-state index contributed by atoms with van der Waals surface area (Å²) in [6.45, 7) is 2.05. The van der Waals surface area contributed by atoms with E-state index in [1.54, 1.807) is 6.92 Å². The molecular formula is C21H19N5O2S. The zero-order valence-electron chi connectivity index (χ0n) is 15.8. The first kappa shape index (κ1) is 18.9. The largest absolute Gasteiger partial charge is 0.462 e. The van der Waals surface area contributed by atoms with Gasteiger partial charge in [-0.1, -0.05) is 42.1 Å². The molecule has 7 nitrogen and oxygen atoms in total. The van der Waals surface area contributed by atoms with E-state index >= 15 is 0 Å². The lowest BCUT2D eigenvalue weighted by Gasteiger charge is -2.11. The van der Waals surface area contributed by atoms with Crippen molar-refractivity contribution in [3.05, 3.63) is 72.2 Å². The number of rotatable bonds is 7. The third kappa shape index (κ3) is 4.55. The monoisotopic (exact) mass is 405 g/mol. The average molecular weight is 405 g/mol. The van der Waals surface area contributed by atoms with Gasteiger partial charge in [-0.2, -0.15) is 0 Å². The van der Waals surface area contributed by atoms with E-state index in [1.807, 2.05) is 54.6 Å². The van der Waals surface area contributed by atoms with Crippen LogP contribution >= 0.6 is 11.8 Å². The van der Waals surface area contributed by atoms with Crippen molar-refractivity contribution in [2.24, 2.45) is 0 Å². The standard InChI is InChI=1S/C21H19N5O2S/c1-2-28-20(27)15-12-22-18(26-19(15)23-14-8-4-3-5-9-14)13-29-21-24-16-10-6-7-11-17(16)25-21/h3-12H,2,13H2,1H3,(H,24,25)(H,22,23,26). The van der Waals surface area contributed by atoms with E-state index in [-0.39, 0.29) is 6.61 Å². The zero-order valence-corrected chi connectivity index (χ0v) is 16.6. The number of benzene rings is 2. The number of anilines is 2. The van der Waals surface area contributed by atoms with Crippen LogP contribution in [0.2, 0.25) is 0 Å². The highest BCUT2D eigenvalue weighted by molar-refractivity contribution is 7.98. The van der Waals surface area contributed by atoms with Crippen molar-refractivity contribution in [2.75, 3.05) is 11.9 Å². The van der Waals surface area contributed by atoms with Crippen LogP contribution in [0.1, 0.15) is 23.1 Å². The molecule has 8 heteroatoms. The van der Waals surface area contributed by atoms with Gasteiger partial charge in [0.25, 0.3) is 0 Å². The number of fused-ring (bicyclic) bond motifs is 1. The van der Waals surface area contributed by atoms with Crippen LogP contribution in [0.3, 0.4) is 0 Å². The number of thioether (sulfide) groups is 1. The molecule has 2 heterocycles. The number of nitrogens with zero attached hydrogens (tertiary/aromatic N) is 3. The van der Waals surface area contributed by atoms with Gasteiger partial charge < -0.3 is 15.0 Å². The number of carbonyl (C=O) groups excluding carboxylic acids is 1. The molecule has 146 valence electrons. The fourth-order valence-corrected chi connectivity index (χ4v) is 3.48. The Bertz CT molecular complexity index is 1100. The molecule has 4 rings (SSSR count).